The number of aromatic amines is 1. The Hall–Kier alpha value is -1.32. The van der Waals surface area contributed by atoms with Gasteiger partial charge in [0.05, 0.1) is 0 Å². The molecule has 3 rings (SSSR count). The van der Waals surface area contributed by atoms with Gasteiger partial charge in [0.15, 0.2) is 0 Å². The minimum absolute atomic E-state index is 0.104. The van der Waals surface area contributed by atoms with Gasteiger partial charge < -0.3 is 4.98 Å². The predicted octanol–water partition coefficient (Wildman–Crippen LogP) is 2.17. The zero-order valence-electron chi connectivity index (χ0n) is 9.28. The van der Waals surface area contributed by atoms with Gasteiger partial charge in [-0.15, -0.1) is 0 Å². The lowest BCUT2D eigenvalue weighted by atomic mass is 9.86. The van der Waals surface area contributed by atoms with Crippen molar-refractivity contribution in [1.82, 2.24) is 9.97 Å². The maximum atomic E-state index is 11.8. The largest absolute Gasteiger partial charge is 0.331 e. The van der Waals surface area contributed by atoms with Crippen LogP contribution >= 0.6 is 0 Å². The Morgan fingerprint density at radius 1 is 1.50 bits per heavy atom. The molecule has 4 nitrogen and oxygen atoms in total. The minimum Gasteiger partial charge on any atom is -0.331 e. The van der Waals surface area contributed by atoms with Crippen LogP contribution in [0.15, 0.2) is 12.4 Å². The Bertz CT molecular complexity index is 374. The van der Waals surface area contributed by atoms with Crippen molar-refractivity contribution in [2.45, 2.75) is 32.1 Å². The van der Waals surface area contributed by atoms with Crippen molar-refractivity contribution < 1.29 is 4.79 Å². The van der Waals surface area contributed by atoms with Crippen LogP contribution in [0.1, 0.15) is 32.1 Å². The van der Waals surface area contributed by atoms with Gasteiger partial charge in [-0.3, -0.25) is 10.1 Å². The van der Waals surface area contributed by atoms with Crippen LogP contribution in [0.3, 0.4) is 0 Å². The topological polar surface area (TPSA) is 57.8 Å². The molecule has 0 radical (unpaired) electrons. The Morgan fingerprint density at radius 3 is 3.06 bits per heavy atom. The summed E-state index contributed by atoms with van der Waals surface area (Å²) in [5, 5.41) is 2.80. The number of anilines is 1. The summed E-state index contributed by atoms with van der Waals surface area (Å²) < 4.78 is 0. The third-order valence-corrected chi connectivity index (χ3v) is 4.09. The molecule has 1 amide bonds. The molecule has 3 atom stereocenters. The molecule has 2 bridgehead atoms. The van der Waals surface area contributed by atoms with Crippen molar-refractivity contribution >= 4 is 11.9 Å². The summed E-state index contributed by atoms with van der Waals surface area (Å²) >= 11 is 0. The molecule has 1 aromatic heterocycles. The van der Waals surface area contributed by atoms with E-state index >= 15 is 0 Å². The quantitative estimate of drug-likeness (QED) is 0.818. The zero-order valence-corrected chi connectivity index (χ0v) is 9.28. The molecule has 2 aliphatic carbocycles. The minimum atomic E-state index is 0.104. The summed E-state index contributed by atoms with van der Waals surface area (Å²) in [5.41, 5.74) is 0. The van der Waals surface area contributed by atoms with E-state index in [1.807, 2.05) is 0 Å². The number of amides is 1. The SMILES string of the molecule is O=C(CC1CC2CCC1C2)Nc1ncc[nH]1. The number of rotatable bonds is 3. The van der Waals surface area contributed by atoms with Crippen LogP contribution < -0.4 is 5.32 Å². The molecular weight excluding hydrogens is 202 g/mol. The van der Waals surface area contributed by atoms with E-state index in [4.69, 9.17) is 0 Å². The van der Waals surface area contributed by atoms with Gasteiger partial charge in [0.25, 0.3) is 0 Å². The van der Waals surface area contributed by atoms with E-state index in [1.54, 1.807) is 12.4 Å². The number of nitrogens with one attached hydrogen (secondary N) is 2. The first kappa shape index (κ1) is 9.87. The molecule has 4 heteroatoms. The van der Waals surface area contributed by atoms with Crippen LogP contribution in [0, 0.1) is 17.8 Å². The highest BCUT2D eigenvalue weighted by molar-refractivity contribution is 5.89. The summed E-state index contributed by atoms with van der Waals surface area (Å²) in [7, 11) is 0. The molecule has 0 aromatic carbocycles. The fourth-order valence-corrected chi connectivity index (χ4v) is 3.38. The van der Waals surface area contributed by atoms with Crippen molar-refractivity contribution in [3.63, 3.8) is 0 Å². The highest BCUT2D eigenvalue weighted by Crippen LogP contribution is 2.49. The van der Waals surface area contributed by atoms with Crippen LogP contribution in [-0.2, 0) is 4.79 Å². The lowest BCUT2D eigenvalue weighted by Crippen LogP contribution is -2.20. The number of nitrogens with zero attached hydrogens (tertiary/aromatic N) is 1. The Kier molecular flexibility index (Phi) is 2.42. The maximum Gasteiger partial charge on any atom is 0.226 e. The highest BCUT2D eigenvalue weighted by Gasteiger charge is 2.40. The predicted molar refractivity (Wildman–Crippen MR) is 60.8 cm³/mol. The van der Waals surface area contributed by atoms with Gasteiger partial charge in [0.2, 0.25) is 11.9 Å². The first-order valence-electron chi connectivity index (χ1n) is 6.10. The summed E-state index contributed by atoms with van der Waals surface area (Å²) in [6, 6.07) is 0. The van der Waals surface area contributed by atoms with Gasteiger partial charge in [0, 0.05) is 18.8 Å². The van der Waals surface area contributed by atoms with Crippen molar-refractivity contribution in [3.05, 3.63) is 12.4 Å². The molecule has 0 aliphatic heterocycles. The molecule has 86 valence electrons. The zero-order chi connectivity index (χ0) is 11.0. The van der Waals surface area contributed by atoms with Crippen LogP contribution in [0.2, 0.25) is 0 Å². The second-order valence-corrected chi connectivity index (χ2v) is 5.13. The molecule has 2 aliphatic rings. The number of aromatic nitrogens is 2. The number of hydrogen-bond acceptors (Lipinski definition) is 2. The number of H-pyrrole nitrogens is 1. The Labute approximate surface area is 94.8 Å². The van der Waals surface area contributed by atoms with E-state index < -0.39 is 0 Å². The number of fused-ring (bicyclic) bond motifs is 2. The van der Waals surface area contributed by atoms with Gasteiger partial charge in [-0.05, 0) is 37.0 Å². The second-order valence-electron chi connectivity index (χ2n) is 5.13. The maximum absolute atomic E-state index is 11.8. The molecule has 2 N–H and O–H groups in total. The van der Waals surface area contributed by atoms with E-state index in [0.29, 0.717) is 18.3 Å². The smallest absolute Gasteiger partial charge is 0.226 e. The van der Waals surface area contributed by atoms with Gasteiger partial charge >= 0.3 is 0 Å². The lowest BCUT2D eigenvalue weighted by molar-refractivity contribution is -0.117. The average Bonchev–Trinajstić information content (AvgIpc) is 2.92. The summed E-state index contributed by atoms with van der Waals surface area (Å²) in [5.74, 6) is 3.01. The molecule has 0 saturated heterocycles. The fourth-order valence-electron chi connectivity index (χ4n) is 3.38. The fraction of sp³-hybridized carbons (Fsp3) is 0.667. The van der Waals surface area contributed by atoms with Crippen LogP contribution in [-0.4, -0.2) is 15.9 Å². The first-order chi connectivity index (χ1) is 7.81. The van der Waals surface area contributed by atoms with Crippen molar-refractivity contribution in [2.24, 2.45) is 17.8 Å². The molecule has 2 saturated carbocycles. The van der Waals surface area contributed by atoms with Crippen molar-refractivity contribution in [2.75, 3.05) is 5.32 Å². The van der Waals surface area contributed by atoms with E-state index in [2.05, 4.69) is 15.3 Å². The standard InChI is InChI=1S/C12H17N3O/c16-11(15-12-13-3-4-14-12)7-10-6-8-1-2-9(10)5-8/h3-4,8-10H,1-2,5-7H2,(H2,13,14,15,16). The van der Waals surface area contributed by atoms with E-state index in [1.165, 1.54) is 25.7 Å². The van der Waals surface area contributed by atoms with E-state index in [-0.39, 0.29) is 5.91 Å². The first-order valence-corrected chi connectivity index (χ1v) is 6.10. The molecule has 1 aromatic rings. The molecule has 16 heavy (non-hydrogen) atoms. The molecule has 0 spiro atoms. The number of imidazole rings is 1. The average molecular weight is 219 g/mol. The highest BCUT2D eigenvalue weighted by atomic mass is 16.1. The molecular formula is C12H17N3O. The second kappa shape index (κ2) is 3.92. The van der Waals surface area contributed by atoms with Crippen LogP contribution in [0.25, 0.3) is 0 Å². The van der Waals surface area contributed by atoms with Gasteiger partial charge in [-0.25, -0.2) is 4.98 Å². The third kappa shape index (κ3) is 1.84. The van der Waals surface area contributed by atoms with E-state index in [9.17, 15) is 4.79 Å². The number of hydrogen-bond donors (Lipinski definition) is 2. The number of carbonyl (C=O) groups is 1. The van der Waals surface area contributed by atoms with Gasteiger partial charge in [0.1, 0.15) is 0 Å². The molecule has 1 heterocycles. The van der Waals surface area contributed by atoms with Crippen LogP contribution in [0.4, 0.5) is 5.95 Å². The summed E-state index contributed by atoms with van der Waals surface area (Å²) in [6.07, 6.45) is 9.38. The van der Waals surface area contributed by atoms with Crippen molar-refractivity contribution in [1.29, 1.82) is 0 Å². The lowest BCUT2D eigenvalue weighted by Gasteiger charge is -2.20. The van der Waals surface area contributed by atoms with Gasteiger partial charge in [-0.2, -0.15) is 0 Å². The molecule has 3 unspecified atom stereocenters. The molecule has 2 fully saturated rings. The third-order valence-electron chi connectivity index (χ3n) is 4.09. The summed E-state index contributed by atoms with van der Waals surface area (Å²) in [4.78, 5) is 18.6. The van der Waals surface area contributed by atoms with Crippen LogP contribution in [0.5, 0.6) is 0 Å². The summed E-state index contributed by atoms with van der Waals surface area (Å²) in [6.45, 7) is 0. The van der Waals surface area contributed by atoms with Crippen molar-refractivity contribution in [3.8, 4) is 0 Å². The van der Waals surface area contributed by atoms with E-state index in [0.717, 1.165) is 11.8 Å². The number of carbonyl (C=O) groups excluding carboxylic acids is 1. The Balaban J connectivity index is 1.53. The van der Waals surface area contributed by atoms with Gasteiger partial charge in [-0.1, -0.05) is 6.42 Å². The monoisotopic (exact) mass is 219 g/mol. The normalized spacial score (nSPS) is 31.9. The Morgan fingerprint density at radius 2 is 2.44 bits per heavy atom.